The van der Waals surface area contributed by atoms with E-state index in [9.17, 15) is 22.8 Å². The molecule has 0 bridgehead atoms. The monoisotopic (exact) mass is 466 g/mol. The lowest BCUT2D eigenvalue weighted by molar-refractivity contribution is -0.188. The molecular weight excluding hydrogens is 429 g/mol. The summed E-state index contributed by atoms with van der Waals surface area (Å²) in [6.07, 6.45) is -2.00. The molecule has 1 saturated carbocycles. The van der Waals surface area contributed by atoms with Crippen LogP contribution in [0.5, 0.6) is 0 Å². The summed E-state index contributed by atoms with van der Waals surface area (Å²) in [6, 6.07) is -0.787. The standard InChI is InChI=1S/C21H37F3N4O4/c1-25-15-17(13-16-5-4-6-20(14-16)31-11-12-32-20)18(29)28(9-7-21(22,23)24)19(30)26-8-10-27(2)3/h16-17,25H,4-15H2,1-3H3,(H,26,30). The molecule has 2 aliphatic rings. The Morgan fingerprint density at radius 2 is 1.88 bits per heavy atom. The number of amides is 3. The van der Waals surface area contributed by atoms with Crippen molar-refractivity contribution in [2.24, 2.45) is 11.8 Å². The first-order chi connectivity index (χ1) is 15.1. The van der Waals surface area contributed by atoms with Gasteiger partial charge in [-0.15, -0.1) is 0 Å². The summed E-state index contributed by atoms with van der Waals surface area (Å²) in [6.45, 7) is 1.41. The largest absolute Gasteiger partial charge is 0.390 e. The van der Waals surface area contributed by atoms with E-state index in [2.05, 4.69) is 10.6 Å². The first kappa shape index (κ1) is 26.8. The number of likely N-dealkylation sites (N-methyl/N-ethyl adjacent to an activating group) is 1. The number of alkyl halides is 3. The smallest absolute Gasteiger partial charge is 0.348 e. The molecule has 11 heteroatoms. The second-order valence-electron chi connectivity index (χ2n) is 8.95. The zero-order chi connectivity index (χ0) is 23.8. The Hall–Kier alpha value is -1.43. The second kappa shape index (κ2) is 12.2. The van der Waals surface area contributed by atoms with E-state index in [1.54, 1.807) is 7.05 Å². The quantitative estimate of drug-likeness (QED) is 0.514. The third-order valence-electron chi connectivity index (χ3n) is 5.97. The molecule has 2 fully saturated rings. The molecule has 1 spiro atoms. The molecule has 2 rings (SSSR count). The number of nitrogens with zero attached hydrogens (tertiary/aromatic N) is 2. The zero-order valence-corrected chi connectivity index (χ0v) is 19.3. The van der Waals surface area contributed by atoms with Crippen LogP contribution in [0.2, 0.25) is 0 Å². The van der Waals surface area contributed by atoms with Crippen molar-refractivity contribution < 1.29 is 32.2 Å². The van der Waals surface area contributed by atoms with Crippen molar-refractivity contribution in [3.05, 3.63) is 0 Å². The van der Waals surface area contributed by atoms with Gasteiger partial charge in [-0.25, -0.2) is 4.79 Å². The number of carbonyl (C=O) groups is 2. The average Bonchev–Trinajstić information content (AvgIpc) is 3.14. The van der Waals surface area contributed by atoms with Gasteiger partial charge in [0.2, 0.25) is 5.91 Å². The van der Waals surface area contributed by atoms with Gasteiger partial charge >= 0.3 is 12.2 Å². The summed E-state index contributed by atoms with van der Waals surface area (Å²) >= 11 is 0. The Morgan fingerprint density at radius 1 is 1.19 bits per heavy atom. The summed E-state index contributed by atoms with van der Waals surface area (Å²) in [5.41, 5.74) is 0. The van der Waals surface area contributed by atoms with Crippen molar-refractivity contribution in [1.29, 1.82) is 0 Å². The number of urea groups is 1. The van der Waals surface area contributed by atoms with Crippen molar-refractivity contribution in [1.82, 2.24) is 20.4 Å². The van der Waals surface area contributed by atoms with Crippen LogP contribution in [-0.2, 0) is 14.3 Å². The molecule has 1 aliphatic carbocycles. The van der Waals surface area contributed by atoms with Crippen LogP contribution < -0.4 is 10.6 Å². The zero-order valence-electron chi connectivity index (χ0n) is 19.3. The predicted octanol–water partition coefficient (Wildman–Crippen LogP) is 2.20. The molecule has 3 amide bonds. The molecule has 1 aliphatic heterocycles. The summed E-state index contributed by atoms with van der Waals surface area (Å²) in [5.74, 6) is -1.67. The highest BCUT2D eigenvalue weighted by molar-refractivity contribution is 5.95. The number of hydrogen-bond donors (Lipinski definition) is 2. The van der Waals surface area contributed by atoms with Crippen LogP contribution >= 0.6 is 0 Å². The summed E-state index contributed by atoms with van der Waals surface area (Å²) in [4.78, 5) is 28.5. The van der Waals surface area contributed by atoms with E-state index in [4.69, 9.17) is 9.47 Å². The highest BCUT2D eigenvalue weighted by Gasteiger charge is 2.43. The molecule has 8 nitrogen and oxygen atoms in total. The van der Waals surface area contributed by atoms with Crippen LogP contribution in [0.1, 0.15) is 38.5 Å². The van der Waals surface area contributed by atoms with Gasteiger partial charge < -0.3 is 25.0 Å². The molecule has 0 aromatic heterocycles. The molecule has 0 aromatic carbocycles. The van der Waals surface area contributed by atoms with Gasteiger partial charge in [-0.2, -0.15) is 13.2 Å². The lowest BCUT2D eigenvalue weighted by Crippen LogP contribution is -2.50. The Bertz CT molecular complexity index is 612. The van der Waals surface area contributed by atoms with Gasteiger partial charge in [0.05, 0.1) is 25.6 Å². The first-order valence-corrected chi connectivity index (χ1v) is 11.3. The Morgan fingerprint density at radius 3 is 2.47 bits per heavy atom. The first-order valence-electron chi connectivity index (χ1n) is 11.3. The highest BCUT2D eigenvalue weighted by Crippen LogP contribution is 2.41. The molecular formula is C21H37F3N4O4. The van der Waals surface area contributed by atoms with Gasteiger partial charge in [-0.1, -0.05) is 6.42 Å². The van der Waals surface area contributed by atoms with Crippen molar-refractivity contribution in [3.63, 3.8) is 0 Å². The summed E-state index contributed by atoms with van der Waals surface area (Å²) in [5, 5.41) is 5.52. The predicted molar refractivity (Wildman–Crippen MR) is 113 cm³/mol. The average molecular weight is 467 g/mol. The van der Waals surface area contributed by atoms with Crippen LogP contribution in [0.3, 0.4) is 0 Å². The maximum atomic E-state index is 13.3. The van der Waals surface area contributed by atoms with Gasteiger partial charge in [0.25, 0.3) is 0 Å². The number of rotatable bonds is 10. The van der Waals surface area contributed by atoms with Crippen LogP contribution in [0.4, 0.5) is 18.0 Å². The van der Waals surface area contributed by atoms with E-state index >= 15 is 0 Å². The number of imide groups is 1. The third kappa shape index (κ3) is 8.49. The fourth-order valence-electron chi connectivity index (χ4n) is 4.44. The molecule has 1 heterocycles. The number of halogens is 3. The molecule has 1 saturated heterocycles. The van der Waals surface area contributed by atoms with E-state index < -0.39 is 42.8 Å². The van der Waals surface area contributed by atoms with Crippen molar-refractivity contribution in [2.75, 3.05) is 60.5 Å². The minimum Gasteiger partial charge on any atom is -0.348 e. The van der Waals surface area contributed by atoms with Crippen LogP contribution in [-0.4, -0.2) is 94.2 Å². The number of hydrogen-bond acceptors (Lipinski definition) is 6. The fraction of sp³-hybridized carbons (Fsp3) is 0.905. The van der Waals surface area contributed by atoms with E-state index in [0.29, 0.717) is 32.6 Å². The Balaban J connectivity index is 2.07. The van der Waals surface area contributed by atoms with Gasteiger partial charge in [-0.3, -0.25) is 9.69 Å². The molecule has 2 atom stereocenters. The number of nitrogens with one attached hydrogen (secondary N) is 2. The maximum absolute atomic E-state index is 13.3. The van der Waals surface area contributed by atoms with Crippen LogP contribution in [0.25, 0.3) is 0 Å². The molecule has 32 heavy (non-hydrogen) atoms. The SMILES string of the molecule is CNCC(CC1CCCC2(C1)OCCO2)C(=O)N(CCC(F)(F)F)C(=O)NCCN(C)C. The maximum Gasteiger partial charge on any atom is 0.390 e. The van der Waals surface area contributed by atoms with E-state index in [-0.39, 0.29) is 19.0 Å². The van der Waals surface area contributed by atoms with Crippen molar-refractivity contribution in [3.8, 4) is 0 Å². The molecule has 2 unspecified atom stereocenters. The van der Waals surface area contributed by atoms with Gasteiger partial charge in [0, 0.05) is 39.0 Å². The minimum atomic E-state index is -4.46. The molecule has 0 radical (unpaired) electrons. The van der Waals surface area contributed by atoms with Gasteiger partial charge in [0.15, 0.2) is 5.79 Å². The van der Waals surface area contributed by atoms with E-state index in [0.717, 1.165) is 24.2 Å². The Kier molecular flexibility index (Phi) is 10.2. The van der Waals surface area contributed by atoms with Crippen molar-refractivity contribution in [2.45, 2.75) is 50.5 Å². The van der Waals surface area contributed by atoms with Crippen molar-refractivity contribution >= 4 is 11.9 Å². The van der Waals surface area contributed by atoms with Crippen LogP contribution in [0, 0.1) is 11.8 Å². The lowest BCUT2D eigenvalue weighted by Gasteiger charge is -2.37. The normalized spacial score (nSPS) is 21.7. The van der Waals surface area contributed by atoms with E-state index in [1.165, 1.54) is 0 Å². The third-order valence-corrected chi connectivity index (χ3v) is 5.97. The summed E-state index contributed by atoms with van der Waals surface area (Å²) in [7, 11) is 5.32. The number of carbonyl (C=O) groups excluding carboxylic acids is 2. The summed E-state index contributed by atoms with van der Waals surface area (Å²) < 4.78 is 50.3. The van der Waals surface area contributed by atoms with Gasteiger partial charge in [0.1, 0.15) is 0 Å². The topological polar surface area (TPSA) is 83.1 Å². The number of ether oxygens (including phenoxy) is 2. The Labute approximate surface area is 188 Å². The minimum absolute atomic E-state index is 0.130. The van der Waals surface area contributed by atoms with E-state index in [1.807, 2.05) is 19.0 Å². The molecule has 186 valence electrons. The van der Waals surface area contributed by atoms with Crippen LogP contribution in [0.15, 0.2) is 0 Å². The lowest BCUT2D eigenvalue weighted by atomic mass is 9.79. The highest BCUT2D eigenvalue weighted by atomic mass is 19.4. The van der Waals surface area contributed by atoms with Gasteiger partial charge in [-0.05, 0) is 39.9 Å². The molecule has 0 aromatic rings. The fourth-order valence-corrected chi connectivity index (χ4v) is 4.44. The second-order valence-corrected chi connectivity index (χ2v) is 8.95. The molecule has 2 N–H and O–H groups in total.